The number of nitrogen functional groups attached to an aromatic ring is 1. The fourth-order valence-electron chi connectivity index (χ4n) is 1.87. The quantitative estimate of drug-likeness (QED) is 0.678. The number of nitrogens with zero attached hydrogens (tertiary/aromatic N) is 1. The molecule has 9 heteroatoms. The summed E-state index contributed by atoms with van der Waals surface area (Å²) in [6.07, 6.45) is 1.83. The van der Waals surface area contributed by atoms with Gasteiger partial charge in [-0.05, 0) is 46.1 Å². The molecule has 0 unspecified atom stereocenters. The molecule has 2 rings (SSSR count). The third-order valence-corrected chi connectivity index (χ3v) is 4.97. The van der Waals surface area contributed by atoms with Gasteiger partial charge in [0.25, 0.3) is 0 Å². The monoisotopic (exact) mass is 399 g/mol. The summed E-state index contributed by atoms with van der Waals surface area (Å²) in [6, 6.07) is 7.62. The highest BCUT2D eigenvalue weighted by molar-refractivity contribution is 9.10. The second-order valence-electron chi connectivity index (χ2n) is 4.69. The van der Waals surface area contributed by atoms with E-state index in [9.17, 15) is 13.2 Å². The third kappa shape index (κ3) is 4.50. The Morgan fingerprint density at radius 1 is 1.30 bits per heavy atom. The highest BCUT2D eigenvalue weighted by atomic mass is 79.9. The van der Waals surface area contributed by atoms with Crippen molar-refractivity contribution in [3.8, 4) is 0 Å². The van der Waals surface area contributed by atoms with Gasteiger partial charge in [-0.1, -0.05) is 12.1 Å². The molecule has 0 radical (unpaired) electrons. The summed E-state index contributed by atoms with van der Waals surface area (Å²) in [6.45, 7) is 0.153. The van der Waals surface area contributed by atoms with Crippen LogP contribution in [0.15, 0.2) is 45.9 Å². The average Bonchev–Trinajstić information content (AvgIpc) is 2.50. The van der Waals surface area contributed by atoms with Crippen LogP contribution < -0.4 is 10.5 Å². The molecule has 23 heavy (non-hydrogen) atoms. The van der Waals surface area contributed by atoms with E-state index in [0.29, 0.717) is 10.9 Å². The summed E-state index contributed by atoms with van der Waals surface area (Å²) in [7, 11) is -3.77. The number of hydrogen-bond donors (Lipinski definition) is 3. The molecule has 7 nitrogen and oxygen atoms in total. The fourth-order valence-corrected chi connectivity index (χ4v) is 3.49. The van der Waals surface area contributed by atoms with E-state index in [4.69, 9.17) is 10.8 Å². The highest BCUT2D eigenvalue weighted by Gasteiger charge is 2.18. The standard InChI is InChI=1S/C14H14BrN3O4S/c15-11-7-12(13(16)17-8-11)23(21,22)18-6-5-9-1-3-10(4-2-9)14(19)20/h1-4,7-8,18H,5-6H2,(H2,16,17)(H,19,20). The summed E-state index contributed by atoms with van der Waals surface area (Å²) in [5.74, 6) is -1.08. The largest absolute Gasteiger partial charge is 0.478 e. The van der Waals surface area contributed by atoms with E-state index in [-0.39, 0.29) is 22.8 Å². The van der Waals surface area contributed by atoms with Crippen LogP contribution in [0, 0.1) is 0 Å². The number of aromatic carboxylic acids is 1. The molecular weight excluding hydrogens is 386 g/mol. The first-order valence-corrected chi connectivity index (χ1v) is 8.80. The molecule has 0 aliphatic carbocycles. The van der Waals surface area contributed by atoms with E-state index in [0.717, 1.165) is 5.56 Å². The van der Waals surface area contributed by atoms with E-state index >= 15 is 0 Å². The van der Waals surface area contributed by atoms with Crippen molar-refractivity contribution in [2.75, 3.05) is 12.3 Å². The molecule has 0 aliphatic heterocycles. The second-order valence-corrected chi connectivity index (χ2v) is 7.34. The van der Waals surface area contributed by atoms with Gasteiger partial charge in [0.15, 0.2) is 0 Å². The number of nitrogens with two attached hydrogens (primary N) is 1. The maximum atomic E-state index is 12.2. The van der Waals surface area contributed by atoms with Gasteiger partial charge in [-0.15, -0.1) is 0 Å². The molecule has 0 spiro atoms. The molecule has 0 aliphatic rings. The predicted molar refractivity (Wildman–Crippen MR) is 88.6 cm³/mol. The number of carboxylic acids is 1. The Labute approximate surface area is 141 Å². The molecular formula is C14H14BrN3O4S. The van der Waals surface area contributed by atoms with Crippen molar-refractivity contribution in [3.63, 3.8) is 0 Å². The van der Waals surface area contributed by atoms with Crippen LogP contribution in [0.3, 0.4) is 0 Å². The zero-order chi connectivity index (χ0) is 17.0. The fraction of sp³-hybridized carbons (Fsp3) is 0.143. The Hall–Kier alpha value is -1.97. The van der Waals surface area contributed by atoms with E-state index in [2.05, 4.69) is 25.6 Å². The van der Waals surface area contributed by atoms with Crippen LogP contribution in [-0.2, 0) is 16.4 Å². The van der Waals surface area contributed by atoms with E-state index < -0.39 is 16.0 Å². The molecule has 0 fully saturated rings. The molecule has 0 saturated heterocycles. The summed E-state index contributed by atoms with van der Waals surface area (Å²) < 4.78 is 27.4. The minimum atomic E-state index is -3.77. The first-order valence-electron chi connectivity index (χ1n) is 6.52. The normalized spacial score (nSPS) is 11.3. The van der Waals surface area contributed by atoms with Crippen LogP contribution in [0.25, 0.3) is 0 Å². The third-order valence-electron chi connectivity index (χ3n) is 3.04. The van der Waals surface area contributed by atoms with E-state index in [1.807, 2.05) is 0 Å². The lowest BCUT2D eigenvalue weighted by Crippen LogP contribution is -2.27. The van der Waals surface area contributed by atoms with Crippen LogP contribution in [0.1, 0.15) is 15.9 Å². The molecule has 0 bridgehead atoms. The molecule has 0 saturated carbocycles. The van der Waals surface area contributed by atoms with Crippen molar-refractivity contribution >= 4 is 37.7 Å². The SMILES string of the molecule is Nc1ncc(Br)cc1S(=O)(=O)NCCc1ccc(C(=O)O)cc1. The molecule has 0 amide bonds. The van der Waals surface area contributed by atoms with Crippen molar-refractivity contribution < 1.29 is 18.3 Å². The number of halogens is 1. The topological polar surface area (TPSA) is 122 Å². The number of aromatic nitrogens is 1. The molecule has 1 aromatic carbocycles. The van der Waals surface area contributed by atoms with Crippen LogP contribution in [-0.4, -0.2) is 31.0 Å². The van der Waals surface area contributed by atoms with Crippen molar-refractivity contribution in [3.05, 3.63) is 52.1 Å². The second kappa shape index (κ2) is 7.07. The van der Waals surface area contributed by atoms with Crippen molar-refractivity contribution in [1.82, 2.24) is 9.71 Å². The smallest absolute Gasteiger partial charge is 0.335 e. The number of sulfonamides is 1. The minimum absolute atomic E-state index is 0.0773. The summed E-state index contributed by atoms with van der Waals surface area (Å²) in [5, 5.41) is 8.82. The maximum absolute atomic E-state index is 12.2. The summed E-state index contributed by atoms with van der Waals surface area (Å²) in [5.41, 5.74) is 6.60. The number of hydrogen-bond acceptors (Lipinski definition) is 5. The van der Waals surface area contributed by atoms with Crippen molar-refractivity contribution in [1.29, 1.82) is 0 Å². The van der Waals surface area contributed by atoms with Gasteiger partial charge in [0.2, 0.25) is 10.0 Å². The molecule has 1 aromatic heterocycles. The summed E-state index contributed by atoms with van der Waals surface area (Å²) in [4.78, 5) is 14.5. The average molecular weight is 400 g/mol. The maximum Gasteiger partial charge on any atom is 0.335 e. The number of anilines is 1. The van der Waals surface area contributed by atoms with Crippen LogP contribution in [0.2, 0.25) is 0 Å². The van der Waals surface area contributed by atoms with Crippen LogP contribution in [0.5, 0.6) is 0 Å². The number of pyridine rings is 1. The van der Waals surface area contributed by atoms with Gasteiger partial charge in [-0.3, -0.25) is 0 Å². The number of carbonyl (C=O) groups is 1. The molecule has 2 aromatic rings. The van der Waals surface area contributed by atoms with Gasteiger partial charge in [0, 0.05) is 17.2 Å². The molecule has 4 N–H and O–H groups in total. The lowest BCUT2D eigenvalue weighted by Gasteiger charge is -2.09. The number of benzene rings is 1. The Morgan fingerprint density at radius 3 is 2.57 bits per heavy atom. The minimum Gasteiger partial charge on any atom is -0.478 e. The van der Waals surface area contributed by atoms with E-state index in [1.165, 1.54) is 24.4 Å². The number of nitrogens with one attached hydrogen (secondary N) is 1. The predicted octanol–water partition coefficient (Wildman–Crippen LogP) is 1.65. The lowest BCUT2D eigenvalue weighted by molar-refractivity contribution is 0.0697. The number of rotatable bonds is 6. The first-order chi connectivity index (χ1) is 10.8. The van der Waals surface area contributed by atoms with Crippen LogP contribution in [0.4, 0.5) is 5.82 Å². The van der Waals surface area contributed by atoms with Gasteiger partial charge < -0.3 is 10.8 Å². The number of carboxylic acid groups (broad SMARTS) is 1. The summed E-state index contributed by atoms with van der Waals surface area (Å²) >= 11 is 3.15. The van der Waals surface area contributed by atoms with Crippen LogP contribution >= 0.6 is 15.9 Å². The van der Waals surface area contributed by atoms with Gasteiger partial charge in [-0.2, -0.15) is 0 Å². The molecule has 1 heterocycles. The molecule has 122 valence electrons. The van der Waals surface area contributed by atoms with Gasteiger partial charge in [0.05, 0.1) is 5.56 Å². The first kappa shape index (κ1) is 17.4. The zero-order valence-electron chi connectivity index (χ0n) is 11.9. The van der Waals surface area contributed by atoms with Gasteiger partial charge in [0.1, 0.15) is 10.7 Å². The Morgan fingerprint density at radius 2 is 1.96 bits per heavy atom. The lowest BCUT2D eigenvalue weighted by atomic mass is 10.1. The van der Waals surface area contributed by atoms with Crippen molar-refractivity contribution in [2.45, 2.75) is 11.3 Å². The Kier molecular flexibility index (Phi) is 5.34. The van der Waals surface area contributed by atoms with Gasteiger partial charge >= 0.3 is 5.97 Å². The highest BCUT2D eigenvalue weighted by Crippen LogP contribution is 2.20. The van der Waals surface area contributed by atoms with Gasteiger partial charge in [-0.25, -0.2) is 22.9 Å². The Bertz CT molecular complexity index is 822. The Balaban J connectivity index is 2.02. The molecule has 0 atom stereocenters. The van der Waals surface area contributed by atoms with Crippen molar-refractivity contribution in [2.24, 2.45) is 0 Å². The zero-order valence-corrected chi connectivity index (χ0v) is 14.3. The van der Waals surface area contributed by atoms with E-state index in [1.54, 1.807) is 12.1 Å².